The van der Waals surface area contributed by atoms with Crippen LogP contribution in [0.3, 0.4) is 0 Å². The van der Waals surface area contributed by atoms with Crippen molar-refractivity contribution in [3.05, 3.63) is 0 Å². The first-order valence-corrected chi connectivity index (χ1v) is 6.21. The van der Waals surface area contributed by atoms with Gasteiger partial charge < -0.3 is 9.47 Å². The quantitative estimate of drug-likeness (QED) is 0.693. The number of carbonyl (C=O) groups excluding carboxylic acids is 1. The predicted molar refractivity (Wildman–Crippen MR) is 61.0 cm³/mol. The number of carbonyl (C=O) groups is 1. The lowest BCUT2D eigenvalue weighted by Crippen LogP contribution is -2.60. The van der Waals surface area contributed by atoms with Crippen molar-refractivity contribution in [1.82, 2.24) is 0 Å². The van der Waals surface area contributed by atoms with Gasteiger partial charge in [-0.2, -0.15) is 0 Å². The number of esters is 1. The molecule has 0 bridgehead atoms. The SMILES string of the molecule is COC(=O)C(C)(C)C1(C2CCCC2)COC1. The molecule has 0 aromatic carbocycles. The summed E-state index contributed by atoms with van der Waals surface area (Å²) < 4.78 is 10.4. The lowest BCUT2D eigenvalue weighted by Gasteiger charge is -2.54. The summed E-state index contributed by atoms with van der Waals surface area (Å²) in [6.07, 6.45) is 5.07. The van der Waals surface area contributed by atoms with Crippen LogP contribution in [0.1, 0.15) is 39.5 Å². The Hall–Kier alpha value is -0.570. The third-order valence-electron chi connectivity index (χ3n) is 4.80. The largest absolute Gasteiger partial charge is 0.469 e. The van der Waals surface area contributed by atoms with E-state index in [4.69, 9.17) is 9.47 Å². The van der Waals surface area contributed by atoms with Crippen molar-refractivity contribution < 1.29 is 14.3 Å². The van der Waals surface area contributed by atoms with E-state index in [1.165, 1.54) is 32.8 Å². The van der Waals surface area contributed by atoms with Crippen LogP contribution in [-0.4, -0.2) is 26.3 Å². The topological polar surface area (TPSA) is 35.5 Å². The average molecular weight is 226 g/mol. The van der Waals surface area contributed by atoms with E-state index in [0.717, 1.165) is 13.2 Å². The van der Waals surface area contributed by atoms with E-state index >= 15 is 0 Å². The number of rotatable bonds is 3. The van der Waals surface area contributed by atoms with Crippen molar-refractivity contribution in [2.45, 2.75) is 39.5 Å². The second kappa shape index (κ2) is 4.02. The summed E-state index contributed by atoms with van der Waals surface area (Å²) in [6.45, 7) is 5.47. The van der Waals surface area contributed by atoms with E-state index in [2.05, 4.69) is 0 Å². The van der Waals surface area contributed by atoms with Crippen molar-refractivity contribution in [3.8, 4) is 0 Å². The Morgan fingerprint density at radius 2 is 1.88 bits per heavy atom. The van der Waals surface area contributed by atoms with Crippen LogP contribution in [-0.2, 0) is 14.3 Å². The molecule has 1 heterocycles. The van der Waals surface area contributed by atoms with Gasteiger partial charge in [0, 0.05) is 5.41 Å². The molecule has 3 heteroatoms. The number of methoxy groups -OCH3 is 1. The molecule has 0 N–H and O–H groups in total. The Labute approximate surface area is 97.5 Å². The van der Waals surface area contributed by atoms with Crippen molar-refractivity contribution in [3.63, 3.8) is 0 Å². The van der Waals surface area contributed by atoms with Gasteiger partial charge in [-0.05, 0) is 32.6 Å². The van der Waals surface area contributed by atoms with Crippen molar-refractivity contribution in [1.29, 1.82) is 0 Å². The maximum absolute atomic E-state index is 12.0. The first-order valence-electron chi connectivity index (χ1n) is 6.21. The van der Waals surface area contributed by atoms with Crippen LogP contribution in [0.5, 0.6) is 0 Å². The molecule has 0 radical (unpaired) electrons. The molecule has 16 heavy (non-hydrogen) atoms. The summed E-state index contributed by atoms with van der Waals surface area (Å²) in [6, 6.07) is 0. The van der Waals surface area contributed by atoms with E-state index in [1.54, 1.807) is 0 Å². The molecule has 1 aliphatic heterocycles. The lowest BCUT2D eigenvalue weighted by atomic mass is 9.57. The van der Waals surface area contributed by atoms with E-state index in [-0.39, 0.29) is 11.4 Å². The Morgan fingerprint density at radius 3 is 2.25 bits per heavy atom. The van der Waals surface area contributed by atoms with Gasteiger partial charge in [-0.15, -0.1) is 0 Å². The molecule has 0 amide bonds. The molecule has 2 fully saturated rings. The molecule has 0 atom stereocenters. The molecular formula is C13H22O3. The molecule has 1 aliphatic carbocycles. The van der Waals surface area contributed by atoms with Gasteiger partial charge in [0.25, 0.3) is 0 Å². The lowest BCUT2D eigenvalue weighted by molar-refractivity contribution is -0.218. The smallest absolute Gasteiger partial charge is 0.311 e. The first kappa shape index (κ1) is 11.9. The summed E-state index contributed by atoms with van der Waals surface area (Å²) in [7, 11) is 1.48. The maximum Gasteiger partial charge on any atom is 0.311 e. The van der Waals surface area contributed by atoms with E-state index in [0.29, 0.717) is 5.92 Å². The highest BCUT2D eigenvalue weighted by molar-refractivity contribution is 5.77. The molecule has 0 spiro atoms. The Bertz CT molecular complexity index is 273. The second-order valence-corrected chi connectivity index (χ2v) is 5.75. The summed E-state index contributed by atoms with van der Waals surface area (Å²) in [5.74, 6) is 0.540. The van der Waals surface area contributed by atoms with E-state index in [1.807, 2.05) is 13.8 Å². The van der Waals surface area contributed by atoms with Gasteiger partial charge in [0.05, 0.1) is 25.7 Å². The van der Waals surface area contributed by atoms with Gasteiger partial charge in [0.2, 0.25) is 0 Å². The highest BCUT2D eigenvalue weighted by Gasteiger charge is 2.59. The fourth-order valence-corrected chi connectivity index (χ4v) is 3.37. The van der Waals surface area contributed by atoms with Crippen LogP contribution < -0.4 is 0 Å². The average Bonchev–Trinajstić information content (AvgIpc) is 2.67. The van der Waals surface area contributed by atoms with Gasteiger partial charge >= 0.3 is 5.97 Å². The minimum atomic E-state index is -0.422. The van der Waals surface area contributed by atoms with Crippen LogP contribution in [0.2, 0.25) is 0 Å². The molecule has 92 valence electrons. The van der Waals surface area contributed by atoms with E-state index < -0.39 is 5.41 Å². The zero-order valence-corrected chi connectivity index (χ0v) is 10.5. The second-order valence-electron chi connectivity index (χ2n) is 5.75. The summed E-state index contributed by atoms with van der Waals surface area (Å²) in [5, 5.41) is 0. The van der Waals surface area contributed by atoms with Crippen LogP contribution in [0.25, 0.3) is 0 Å². The van der Waals surface area contributed by atoms with Gasteiger partial charge in [0.15, 0.2) is 0 Å². The van der Waals surface area contributed by atoms with Crippen LogP contribution in [0.15, 0.2) is 0 Å². The third-order valence-corrected chi connectivity index (χ3v) is 4.80. The summed E-state index contributed by atoms with van der Waals surface area (Å²) >= 11 is 0. The number of ether oxygens (including phenoxy) is 2. The van der Waals surface area contributed by atoms with E-state index in [9.17, 15) is 4.79 Å². The van der Waals surface area contributed by atoms with Gasteiger partial charge in [-0.25, -0.2) is 0 Å². The van der Waals surface area contributed by atoms with Gasteiger partial charge in [0.1, 0.15) is 0 Å². The normalized spacial score (nSPS) is 25.2. The van der Waals surface area contributed by atoms with Crippen LogP contribution in [0, 0.1) is 16.7 Å². The number of hydrogen-bond donors (Lipinski definition) is 0. The minimum Gasteiger partial charge on any atom is -0.469 e. The number of hydrogen-bond acceptors (Lipinski definition) is 3. The Balaban J connectivity index is 2.23. The Morgan fingerprint density at radius 1 is 1.31 bits per heavy atom. The molecule has 0 aromatic heterocycles. The molecule has 1 saturated carbocycles. The highest BCUT2D eigenvalue weighted by Crippen LogP contribution is 2.55. The molecule has 0 aromatic rings. The third kappa shape index (κ3) is 1.48. The fraction of sp³-hybridized carbons (Fsp3) is 0.923. The highest BCUT2D eigenvalue weighted by atomic mass is 16.5. The molecule has 2 aliphatic rings. The Kier molecular flexibility index (Phi) is 2.99. The zero-order chi connectivity index (χ0) is 11.8. The van der Waals surface area contributed by atoms with Gasteiger partial charge in [-0.3, -0.25) is 4.79 Å². The molecule has 2 rings (SSSR count). The minimum absolute atomic E-state index is 0.0244. The van der Waals surface area contributed by atoms with Gasteiger partial charge in [-0.1, -0.05) is 12.8 Å². The fourth-order valence-electron chi connectivity index (χ4n) is 3.37. The molecule has 3 nitrogen and oxygen atoms in total. The standard InChI is InChI=1S/C13H22O3/c1-12(2,11(14)15-3)13(8-16-9-13)10-6-4-5-7-10/h10H,4-9H2,1-3H3. The first-order chi connectivity index (χ1) is 7.54. The molecule has 0 unspecified atom stereocenters. The zero-order valence-electron chi connectivity index (χ0n) is 10.5. The van der Waals surface area contributed by atoms with Crippen LogP contribution >= 0.6 is 0 Å². The molecular weight excluding hydrogens is 204 g/mol. The van der Waals surface area contributed by atoms with Crippen molar-refractivity contribution >= 4 is 5.97 Å². The summed E-state index contributed by atoms with van der Waals surface area (Å²) in [5.41, 5.74) is -0.397. The predicted octanol–water partition coefficient (Wildman–Crippen LogP) is 2.39. The molecule has 1 saturated heterocycles. The summed E-state index contributed by atoms with van der Waals surface area (Å²) in [4.78, 5) is 12.0. The van der Waals surface area contributed by atoms with Crippen molar-refractivity contribution in [2.24, 2.45) is 16.7 Å². The maximum atomic E-state index is 12.0. The van der Waals surface area contributed by atoms with Crippen LogP contribution in [0.4, 0.5) is 0 Å². The monoisotopic (exact) mass is 226 g/mol. The van der Waals surface area contributed by atoms with Crippen molar-refractivity contribution in [2.75, 3.05) is 20.3 Å².